The Labute approximate surface area is 164 Å². The Kier molecular flexibility index (Phi) is 5.73. The third kappa shape index (κ3) is 5.62. The van der Waals surface area contributed by atoms with E-state index in [0.29, 0.717) is 11.3 Å². The zero-order valence-corrected chi connectivity index (χ0v) is 15.3. The third-order valence-corrected chi connectivity index (χ3v) is 4.42. The molecule has 0 atom stereocenters. The summed E-state index contributed by atoms with van der Waals surface area (Å²) in [6, 6.07) is 7.29. The Balaban J connectivity index is 1.65. The molecule has 0 aliphatic rings. The van der Waals surface area contributed by atoms with Gasteiger partial charge in [-0.1, -0.05) is 23.9 Å². The number of ether oxygens (including phenoxy) is 1. The van der Waals surface area contributed by atoms with E-state index in [4.69, 9.17) is 4.42 Å². The topological polar surface area (TPSA) is 61.0 Å². The van der Waals surface area contributed by atoms with E-state index >= 15 is 0 Å². The van der Waals surface area contributed by atoms with E-state index in [9.17, 15) is 26.3 Å². The van der Waals surface area contributed by atoms with Crippen molar-refractivity contribution in [3.05, 3.63) is 53.3 Å². The number of aromatic nitrogens is 3. The predicted octanol–water partition coefficient (Wildman–Crippen LogP) is 5.65. The molecule has 0 saturated heterocycles. The van der Waals surface area contributed by atoms with Crippen LogP contribution in [0.5, 0.6) is 5.75 Å². The first kappa shape index (κ1) is 21.0. The van der Waals surface area contributed by atoms with Crippen molar-refractivity contribution >= 4 is 11.8 Å². The van der Waals surface area contributed by atoms with E-state index in [1.807, 2.05) is 0 Å². The van der Waals surface area contributed by atoms with Gasteiger partial charge in [-0.25, -0.2) is 4.98 Å². The summed E-state index contributed by atoms with van der Waals surface area (Å²) in [4.78, 5) is 3.51. The maximum absolute atomic E-state index is 12.7. The molecule has 2 heterocycles. The summed E-state index contributed by atoms with van der Waals surface area (Å²) in [7, 11) is 0. The average Bonchev–Trinajstić information content (AvgIpc) is 3.07. The minimum Gasteiger partial charge on any atom is -0.411 e. The molecule has 2 aromatic heterocycles. The lowest BCUT2D eigenvalue weighted by atomic mass is 10.2. The number of halogens is 6. The SMILES string of the molecule is Cc1nc(C(F)(F)F)ccc1-c1nnc(SCc2ccc(OC(F)(F)F)cc2)o1. The lowest BCUT2D eigenvalue weighted by Gasteiger charge is -2.08. The second-order valence-electron chi connectivity index (χ2n) is 5.68. The summed E-state index contributed by atoms with van der Waals surface area (Å²) in [5.41, 5.74) is 0.00810. The Bertz CT molecular complexity index is 986. The minimum absolute atomic E-state index is 0.0140. The summed E-state index contributed by atoms with van der Waals surface area (Å²) < 4.78 is 83.7. The van der Waals surface area contributed by atoms with E-state index in [0.717, 1.165) is 17.8 Å². The molecule has 0 saturated carbocycles. The van der Waals surface area contributed by atoms with Crippen LogP contribution in [0.25, 0.3) is 11.5 Å². The largest absolute Gasteiger partial charge is 0.573 e. The van der Waals surface area contributed by atoms with E-state index in [1.165, 1.54) is 37.3 Å². The maximum Gasteiger partial charge on any atom is 0.573 e. The fraction of sp³-hybridized carbons (Fsp3) is 0.235. The molecule has 0 aliphatic heterocycles. The highest BCUT2D eigenvalue weighted by molar-refractivity contribution is 7.98. The normalized spacial score (nSPS) is 12.2. The molecule has 0 N–H and O–H groups in total. The zero-order valence-electron chi connectivity index (χ0n) is 14.5. The summed E-state index contributed by atoms with van der Waals surface area (Å²) in [6.07, 6.45) is -9.32. The van der Waals surface area contributed by atoms with Crippen molar-refractivity contribution in [3.63, 3.8) is 0 Å². The Morgan fingerprint density at radius 3 is 2.24 bits per heavy atom. The van der Waals surface area contributed by atoms with Crippen LogP contribution in [0.2, 0.25) is 0 Å². The molecule has 3 rings (SSSR count). The van der Waals surface area contributed by atoms with Crippen LogP contribution in [0, 0.1) is 6.92 Å². The van der Waals surface area contributed by atoms with Gasteiger partial charge in [-0.05, 0) is 36.8 Å². The molecule has 0 bridgehead atoms. The number of pyridine rings is 1. The van der Waals surface area contributed by atoms with Crippen LogP contribution in [0.3, 0.4) is 0 Å². The summed E-state index contributed by atoms with van der Waals surface area (Å²) >= 11 is 1.12. The molecule has 0 aliphatic carbocycles. The maximum atomic E-state index is 12.7. The van der Waals surface area contributed by atoms with Gasteiger partial charge in [-0.2, -0.15) is 13.2 Å². The predicted molar refractivity (Wildman–Crippen MR) is 90.0 cm³/mol. The van der Waals surface area contributed by atoms with Crippen molar-refractivity contribution in [2.75, 3.05) is 0 Å². The van der Waals surface area contributed by atoms with Gasteiger partial charge in [0.15, 0.2) is 0 Å². The van der Waals surface area contributed by atoms with Crippen molar-refractivity contribution in [1.82, 2.24) is 15.2 Å². The molecule has 1 aromatic carbocycles. The highest BCUT2D eigenvalue weighted by atomic mass is 32.2. The molecule has 0 unspecified atom stereocenters. The zero-order chi connectivity index (χ0) is 21.2. The van der Waals surface area contributed by atoms with Gasteiger partial charge in [0.2, 0.25) is 0 Å². The number of nitrogens with zero attached hydrogens (tertiary/aromatic N) is 3. The molecular formula is C17H11F6N3O2S. The standard InChI is InChI=1S/C17H11F6N3O2S/c1-9-12(6-7-13(24-9)16(18,19)20)14-25-26-15(27-14)29-8-10-2-4-11(5-3-10)28-17(21,22)23/h2-7H,8H2,1H3. The van der Waals surface area contributed by atoms with Gasteiger partial charge in [0.05, 0.1) is 11.3 Å². The molecular weight excluding hydrogens is 424 g/mol. The first-order chi connectivity index (χ1) is 13.5. The summed E-state index contributed by atoms with van der Waals surface area (Å²) in [6.45, 7) is 1.40. The van der Waals surface area contributed by atoms with Gasteiger partial charge in [0, 0.05) is 5.75 Å². The highest BCUT2D eigenvalue weighted by Crippen LogP contribution is 2.32. The second-order valence-corrected chi connectivity index (χ2v) is 6.61. The summed E-state index contributed by atoms with van der Waals surface area (Å²) in [5, 5.41) is 7.76. The quantitative estimate of drug-likeness (QED) is 0.381. The molecule has 0 spiro atoms. The summed E-state index contributed by atoms with van der Waals surface area (Å²) in [5.74, 6) is -0.00482. The molecule has 0 fully saturated rings. The first-order valence-corrected chi connectivity index (χ1v) is 8.86. The van der Waals surface area contributed by atoms with E-state index < -0.39 is 18.2 Å². The first-order valence-electron chi connectivity index (χ1n) is 7.87. The molecule has 29 heavy (non-hydrogen) atoms. The van der Waals surface area contributed by atoms with Crippen LogP contribution in [-0.2, 0) is 11.9 Å². The van der Waals surface area contributed by atoms with E-state index in [-0.39, 0.29) is 28.1 Å². The second kappa shape index (κ2) is 7.93. The number of hydrogen-bond donors (Lipinski definition) is 0. The Hall–Kier alpha value is -2.76. The van der Waals surface area contributed by atoms with Crippen molar-refractivity contribution in [1.29, 1.82) is 0 Å². The van der Waals surface area contributed by atoms with Crippen molar-refractivity contribution in [2.24, 2.45) is 0 Å². The highest BCUT2D eigenvalue weighted by Gasteiger charge is 2.33. The fourth-order valence-electron chi connectivity index (χ4n) is 2.25. The lowest BCUT2D eigenvalue weighted by Crippen LogP contribution is -2.16. The third-order valence-electron chi connectivity index (χ3n) is 3.53. The average molecular weight is 435 g/mol. The fourth-order valence-corrected chi connectivity index (χ4v) is 2.97. The monoisotopic (exact) mass is 435 g/mol. The van der Waals surface area contributed by atoms with Crippen molar-refractivity contribution in [2.45, 2.75) is 30.4 Å². The van der Waals surface area contributed by atoms with Crippen LogP contribution in [0.1, 0.15) is 17.0 Å². The number of hydrogen-bond acceptors (Lipinski definition) is 6. The number of aryl methyl sites for hydroxylation is 1. The van der Waals surface area contributed by atoms with Crippen LogP contribution < -0.4 is 4.74 Å². The van der Waals surface area contributed by atoms with Gasteiger partial charge < -0.3 is 9.15 Å². The molecule has 12 heteroatoms. The van der Waals surface area contributed by atoms with Crippen LogP contribution >= 0.6 is 11.8 Å². The number of rotatable bonds is 5. The minimum atomic E-state index is -4.76. The van der Waals surface area contributed by atoms with Gasteiger partial charge in [0.1, 0.15) is 11.4 Å². The van der Waals surface area contributed by atoms with Crippen molar-refractivity contribution in [3.8, 4) is 17.2 Å². The molecule has 5 nitrogen and oxygen atoms in total. The Morgan fingerprint density at radius 1 is 0.966 bits per heavy atom. The number of thioether (sulfide) groups is 1. The van der Waals surface area contributed by atoms with Gasteiger partial charge in [-0.3, -0.25) is 0 Å². The van der Waals surface area contributed by atoms with E-state index in [2.05, 4.69) is 19.9 Å². The van der Waals surface area contributed by atoms with E-state index in [1.54, 1.807) is 0 Å². The van der Waals surface area contributed by atoms with Crippen LogP contribution in [0.4, 0.5) is 26.3 Å². The van der Waals surface area contributed by atoms with Gasteiger partial charge in [0.25, 0.3) is 11.1 Å². The van der Waals surface area contributed by atoms with Gasteiger partial charge >= 0.3 is 12.5 Å². The van der Waals surface area contributed by atoms with Gasteiger partial charge in [-0.15, -0.1) is 23.4 Å². The smallest absolute Gasteiger partial charge is 0.411 e. The molecule has 154 valence electrons. The van der Waals surface area contributed by atoms with Crippen LogP contribution in [-0.4, -0.2) is 21.5 Å². The lowest BCUT2D eigenvalue weighted by molar-refractivity contribution is -0.274. The van der Waals surface area contributed by atoms with Crippen molar-refractivity contribution < 1.29 is 35.5 Å². The number of alkyl halides is 6. The number of benzene rings is 1. The molecule has 3 aromatic rings. The Morgan fingerprint density at radius 2 is 1.66 bits per heavy atom. The molecule has 0 radical (unpaired) electrons. The van der Waals surface area contributed by atoms with Crippen LogP contribution in [0.15, 0.2) is 46.0 Å². The molecule has 0 amide bonds.